The van der Waals surface area contributed by atoms with Gasteiger partial charge in [0.1, 0.15) is 0 Å². The van der Waals surface area contributed by atoms with E-state index in [0.29, 0.717) is 5.56 Å². The van der Waals surface area contributed by atoms with Crippen LogP contribution in [0.4, 0.5) is 5.69 Å². The lowest BCUT2D eigenvalue weighted by atomic mass is 10.1. The van der Waals surface area contributed by atoms with Crippen molar-refractivity contribution in [2.75, 3.05) is 11.9 Å². The Morgan fingerprint density at radius 1 is 0.889 bits per heavy atom. The fourth-order valence-corrected chi connectivity index (χ4v) is 2.67. The van der Waals surface area contributed by atoms with Crippen LogP contribution < -0.4 is 16.0 Å². The first-order valence-electron chi connectivity index (χ1n) is 8.85. The highest BCUT2D eigenvalue weighted by Crippen LogP contribution is 2.18. The van der Waals surface area contributed by atoms with Gasteiger partial charge in [0.2, 0.25) is 11.8 Å². The molecule has 0 aliphatic rings. The Balaban J connectivity index is 1.76. The maximum atomic E-state index is 12.1. The van der Waals surface area contributed by atoms with E-state index in [-0.39, 0.29) is 36.7 Å². The maximum Gasteiger partial charge on any atom is 0.251 e. The predicted molar refractivity (Wildman–Crippen MR) is 106 cm³/mol. The summed E-state index contributed by atoms with van der Waals surface area (Å²) in [5.74, 6) is -0.821. The fraction of sp³-hybridized carbons (Fsp3) is 0.286. The second kappa shape index (κ2) is 9.52. The molecule has 0 fully saturated rings. The van der Waals surface area contributed by atoms with E-state index in [1.54, 1.807) is 31.2 Å². The molecule has 6 heteroatoms. The molecule has 1 atom stereocenters. The zero-order valence-electron chi connectivity index (χ0n) is 15.8. The van der Waals surface area contributed by atoms with Gasteiger partial charge < -0.3 is 16.0 Å². The molecule has 2 aromatic rings. The molecule has 0 aliphatic heterocycles. The van der Waals surface area contributed by atoms with Crippen LogP contribution in [0.2, 0.25) is 0 Å². The molecule has 0 radical (unpaired) electrons. The third-order valence-electron chi connectivity index (χ3n) is 4.10. The van der Waals surface area contributed by atoms with Crippen molar-refractivity contribution < 1.29 is 14.4 Å². The monoisotopic (exact) mass is 367 g/mol. The summed E-state index contributed by atoms with van der Waals surface area (Å²) in [6, 6.07) is 14.2. The average Bonchev–Trinajstić information content (AvgIpc) is 2.63. The first kappa shape index (κ1) is 20.2. The van der Waals surface area contributed by atoms with Crippen LogP contribution in [0.3, 0.4) is 0 Å². The Bertz CT molecular complexity index is 798. The second-order valence-corrected chi connectivity index (χ2v) is 6.54. The Morgan fingerprint density at radius 2 is 1.52 bits per heavy atom. The summed E-state index contributed by atoms with van der Waals surface area (Å²) >= 11 is 0. The van der Waals surface area contributed by atoms with Crippen molar-refractivity contribution in [2.45, 2.75) is 33.2 Å². The first-order valence-corrected chi connectivity index (χ1v) is 8.85. The number of amides is 3. The van der Waals surface area contributed by atoms with Crippen molar-refractivity contribution in [2.24, 2.45) is 0 Å². The number of hydrogen-bond donors (Lipinski definition) is 3. The van der Waals surface area contributed by atoms with Crippen molar-refractivity contribution in [3.8, 4) is 0 Å². The van der Waals surface area contributed by atoms with E-state index in [4.69, 9.17) is 0 Å². The zero-order chi connectivity index (χ0) is 19.8. The van der Waals surface area contributed by atoms with Crippen molar-refractivity contribution in [3.05, 3.63) is 65.2 Å². The van der Waals surface area contributed by atoms with Crippen LogP contribution in [0.1, 0.15) is 34.8 Å². The molecule has 1 unspecified atom stereocenters. The SMILES string of the molecule is Cc1cccc(C)c1NC(=O)CNC(=O)CC(C)NC(=O)c1ccccc1. The molecule has 0 saturated carbocycles. The molecule has 27 heavy (non-hydrogen) atoms. The van der Waals surface area contributed by atoms with Crippen molar-refractivity contribution in [1.29, 1.82) is 0 Å². The summed E-state index contributed by atoms with van der Waals surface area (Å²) in [4.78, 5) is 36.2. The van der Waals surface area contributed by atoms with Crippen LogP contribution in [-0.4, -0.2) is 30.3 Å². The topological polar surface area (TPSA) is 87.3 Å². The van der Waals surface area contributed by atoms with E-state index >= 15 is 0 Å². The minimum absolute atomic E-state index is 0.0925. The van der Waals surface area contributed by atoms with E-state index in [1.165, 1.54) is 0 Å². The smallest absolute Gasteiger partial charge is 0.251 e. The van der Waals surface area contributed by atoms with Crippen molar-refractivity contribution in [1.82, 2.24) is 10.6 Å². The van der Waals surface area contributed by atoms with Crippen molar-refractivity contribution in [3.63, 3.8) is 0 Å². The molecule has 0 aliphatic carbocycles. The molecule has 0 heterocycles. The van der Waals surface area contributed by atoms with E-state index in [1.807, 2.05) is 38.1 Å². The van der Waals surface area contributed by atoms with Crippen LogP contribution in [0.25, 0.3) is 0 Å². The maximum absolute atomic E-state index is 12.1. The van der Waals surface area contributed by atoms with E-state index in [9.17, 15) is 14.4 Å². The molecule has 2 aromatic carbocycles. The Morgan fingerprint density at radius 3 is 2.15 bits per heavy atom. The molecule has 0 aromatic heterocycles. The number of rotatable bonds is 7. The summed E-state index contributed by atoms with van der Waals surface area (Å²) in [6.45, 7) is 5.46. The quantitative estimate of drug-likeness (QED) is 0.703. The third kappa shape index (κ3) is 6.26. The lowest BCUT2D eigenvalue weighted by Gasteiger charge is -2.15. The zero-order valence-corrected chi connectivity index (χ0v) is 15.8. The van der Waals surface area contributed by atoms with Gasteiger partial charge in [0.05, 0.1) is 6.54 Å². The summed E-state index contributed by atoms with van der Waals surface area (Å²) in [6.07, 6.45) is 0.0925. The van der Waals surface area contributed by atoms with Gasteiger partial charge in [-0.1, -0.05) is 36.4 Å². The summed E-state index contributed by atoms with van der Waals surface area (Å²) in [5.41, 5.74) is 3.23. The summed E-state index contributed by atoms with van der Waals surface area (Å²) < 4.78 is 0. The van der Waals surface area contributed by atoms with E-state index in [2.05, 4.69) is 16.0 Å². The molecule has 3 amide bonds. The molecule has 0 spiro atoms. The minimum Gasteiger partial charge on any atom is -0.349 e. The second-order valence-electron chi connectivity index (χ2n) is 6.54. The molecular weight excluding hydrogens is 342 g/mol. The minimum atomic E-state index is -0.348. The number of para-hydroxylation sites is 1. The summed E-state index contributed by atoms with van der Waals surface area (Å²) in [7, 11) is 0. The summed E-state index contributed by atoms with van der Waals surface area (Å²) in [5, 5.41) is 8.17. The number of anilines is 1. The Hall–Kier alpha value is -3.15. The number of benzene rings is 2. The number of carbonyl (C=O) groups excluding carboxylic acids is 3. The number of aryl methyl sites for hydroxylation is 2. The Kier molecular flexibility index (Phi) is 7.11. The lowest BCUT2D eigenvalue weighted by molar-refractivity contribution is -0.124. The predicted octanol–water partition coefficient (Wildman–Crippen LogP) is 2.57. The highest BCUT2D eigenvalue weighted by molar-refractivity contribution is 5.96. The van der Waals surface area contributed by atoms with Crippen LogP contribution in [0, 0.1) is 13.8 Å². The van der Waals surface area contributed by atoms with Gasteiger partial charge in [0.15, 0.2) is 0 Å². The number of nitrogens with one attached hydrogen (secondary N) is 3. The third-order valence-corrected chi connectivity index (χ3v) is 4.10. The molecule has 6 nitrogen and oxygen atoms in total. The van der Waals surface area contributed by atoms with Crippen LogP contribution in [0.5, 0.6) is 0 Å². The molecule has 2 rings (SSSR count). The van der Waals surface area contributed by atoms with Gasteiger partial charge in [-0.25, -0.2) is 0 Å². The van der Waals surface area contributed by atoms with Gasteiger partial charge in [0.25, 0.3) is 5.91 Å². The normalized spacial score (nSPS) is 11.4. The van der Waals surface area contributed by atoms with Crippen LogP contribution >= 0.6 is 0 Å². The highest BCUT2D eigenvalue weighted by atomic mass is 16.2. The fourth-order valence-electron chi connectivity index (χ4n) is 2.67. The molecule has 0 bridgehead atoms. The molecule has 3 N–H and O–H groups in total. The number of hydrogen-bond acceptors (Lipinski definition) is 3. The lowest BCUT2D eigenvalue weighted by Crippen LogP contribution is -2.39. The van der Waals surface area contributed by atoms with Gasteiger partial charge in [0, 0.05) is 23.7 Å². The molecule has 0 saturated heterocycles. The number of carbonyl (C=O) groups is 3. The standard InChI is InChI=1S/C21H25N3O3/c1-14-8-7-9-15(2)20(14)24-19(26)13-22-18(25)12-16(3)23-21(27)17-10-5-4-6-11-17/h4-11,16H,12-13H2,1-3H3,(H,22,25)(H,23,27)(H,24,26). The highest BCUT2D eigenvalue weighted by Gasteiger charge is 2.14. The van der Waals surface area contributed by atoms with Gasteiger partial charge in [-0.15, -0.1) is 0 Å². The van der Waals surface area contributed by atoms with Gasteiger partial charge in [-0.3, -0.25) is 14.4 Å². The largest absolute Gasteiger partial charge is 0.349 e. The van der Waals surface area contributed by atoms with Gasteiger partial charge in [-0.2, -0.15) is 0 Å². The average molecular weight is 367 g/mol. The van der Waals surface area contributed by atoms with Crippen LogP contribution in [-0.2, 0) is 9.59 Å². The molecule has 142 valence electrons. The van der Waals surface area contributed by atoms with Gasteiger partial charge >= 0.3 is 0 Å². The van der Waals surface area contributed by atoms with E-state index < -0.39 is 0 Å². The molecular formula is C21H25N3O3. The van der Waals surface area contributed by atoms with Gasteiger partial charge in [-0.05, 0) is 44.0 Å². The Labute approximate surface area is 159 Å². The van der Waals surface area contributed by atoms with Crippen LogP contribution in [0.15, 0.2) is 48.5 Å². The van der Waals surface area contributed by atoms with E-state index in [0.717, 1.165) is 16.8 Å². The van der Waals surface area contributed by atoms with Crippen molar-refractivity contribution >= 4 is 23.4 Å². The first-order chi connectivity index (χ1) is 12.9.